The third-order valence-corrected chi connectivity index (χ3v) is 6.93. The topological polar surface area (TPSA) is 64.6 Å². The van der Waals surface area contributed by atoms with Crippen LogP contribution in [0.25, 0.3) is 0 Å². The van der Waals surface area contributed by atoms with E-state index in [2.05, 4.69) is 12.2 Å². The van der Waals surface area contributed by atoms with Crippen molar-refractivity contribution >= 4 is 51.4 Å². The van der Waals surface area contributed by atoms with Crippen LogP contribution >= 0.6 is 34.5 Å². The highest BCUT2D eigenvalue weighted by molar-refractivity contribution is 7.17. The Hall–Kier alpha value is -1.76. The number of hydrogen-bond acceptors (Lipinski definition) is 5. The Bertz CT molecular complexity index is 943. The third-order valence-electron chi connectivity index (χ3n) is 5.23. The van der Waals surface area contributed by atoms with Crippen molar-refractivity contribution in [3.05, 3.63) is 44.2 Å². The highest BCUT2D eigenvalue weighted by Gasteiger charge is 2.30. The summed E-state index contributed by atoms with van der Waals surface area (Å²) in [5, 5.41) is 4.21. The van der Waals surface area contributed by atoms with E-state index in [1.54, 1.807) is 32.0 Å². The lowest BCUT2D eigenvalue weighted by Crippen LogP contribution is -2.30. The quantitative estimate of drug-likeness (QED) is 0.493. The Morgan fingerprint density at radius 2 is 2.07 bits per heavy atom. The number of benzene rings is 1. The molecule has 0 saturated heterocycles. The Labute approximate surface area is 190 Å². The molecule has 1 amide bonds. The van der Waals surface area contributed by atoms with Gasteiger partial charge in [-0.2, -0.15) is 0 Å². The van der Waals surface area contributed by atoms with Crippen LogP contribution < -0.4 is 10.1 Å². The molecule has 3 rings (SSSR count). The van der Waals surface area contributed by atoms with Crippen LogP contribution in [0.3, 0.4) is 0 Å². The minimum atomic E-state index is -0.818. The van der Waals surface area contributed by atoms with Gasteiger partial charge in [0.05, 0.1) is 17.2 Å². The van der Waals surface area contributed by atoms with Gasteiger partial charge in [0.25, 0.3) is 5.91 Å². The molecule has 1 N–H and O–H groups in total. The minimum Gasteiger partial charge on any atom is -0.479 e. The fraction of sp³-hybridized carbons (Fsp3) is 0.455. The lowest BCUT2D eigenvalue weighted by molar-refractivity contribution is -0.122. The van der Waals surface area contributed by atoms with Gasteiger partial charge in [-0.05, 0) is 62.8 Å². The lowest BCUT2D eigenvalue weighted by atomic mass is 9.85. The fourth-order valence-corrected chi connectivity index (χ4v) is 5.34. The van der Waals surface area contributed by atoms with Crippen LogP contribution in [-0.2, 0) is 22.4 Å². The standard InChI is InChI=1S/C22H25Cl2NO4S/c1-4-13-6-8-15-18(10-13)30-21(19(15)22(27)28-5-2)25-20(26)12(3)29-17-9-7-14(23)11-16(17)24/h7,9,11-13H,4-6,8,10H2,1-3H3,(H,25,26)/t12-,13-/m1/s1. The molecule has 1 aliphatic rings. The van der Waals surface area contributed by atoms with Crippen LogP contribution in [0.4, 0.5) is 5.00 Å². The molecule has 5 nitrogen and oxygen atoms in total. The number of anilines is 1. The molecule has 0 unspecified atom stereocenters. The van der Waals surface area contributed by atoms with Crippen molar-refractivity contribution in [1.29, 1.82) is 0 Å². The van der Waals surface area contributed by atoms with Crippen molar-refractivity contribution in [2.75, 3.05) is 11.9 Å². The zero-order valence-electron chi connectivity index (χ0n) is 17.2. The number of halogens is 2. The first-order valence-electron chi connectivity index (χ1n) is 10.1. The van der Waals surface area contributed by atoms with Crippen LogP contribution in [0.5, 0.6) is 5.75 Å². The summed E-state index contributed by atoms with van der Waals surface area (Å²) in [4.78, 5) is 26.6. The van der Waals surface area contributed by atoms with Crippen LogP contribution in [0.15, 0.2) is 18.2 Å². The second kappa shape index (κ2) is 10.0. The number of amides is 1. The number of ether oxygens (including phenoxy) is 2. The van der Waals surface area contributed by atoms with Crippen molar-refractivity contribution in [2.24, 2.45) is 5.92 Å². The van der Waals surface area contributed by atoms with Gasteiger partial charge in [-0.15, -0.1) is 11.3 Å². The van der Waals surface area contributed by atoms with Crippen molar-refractivity contribution < 1.29 is 19.1 Å². The predicted octanol–water partition coefficient (Wildman–Crippen LogP) is 6.15. The number of rotatable bonds is 7. The first-order chi connectivity index (χ1) is 14.3. The van der Waals surface area contributed by atoms with Crippen LogP contribution in [-0.4, -0.2) is 24.6 Å². The molecule has 8 heteroatoms. The van der Waals surface area contributed by atoms with E-state index < -0.39 is 12.1 Å². The molecule has 0 saturated carbocycles. The first-order valence-corrected chi connectivity index (χ1v) is 11.6. The number of hydrogen-bond donors (Lipinski definition) is 1. The molecule has 1 aromatic carbocycles. The second-order valence-corrected chi connectivity index (χ2v) is 9.22. The van der Waals surface area contributed by atoms with E-state index in [1.165, 1.54) is 11.3 Å². The summed E-state index contributed by atoms with van der Waals surface area (Å²) in [6.45, 7) is 5.86. The van der Waals surface area contributed by atoms with Gasteiger partial charge in [0.1, 0.15) is 10.8 Å². The van der Waals surface area contributed by atoms with E-state index in [9.17, 15) is 9.59 Å². The van der Waals surface area contributed by atoms with Crippen molar-refractivity contribution in [2.45, 2.75) is 52.6 Å². The molecule has 162 valence electrons. The van der Waals surface area contributed by atoms with E-state index in [0.717, 1.165) is 36.1 Å². The molecule has 2 aromatic rings. The van der Waals surface area contributed by atoms with Gasteiger partial charge in [0, 0.05) is 9.90 Å². The minimum absolute atomic E-state index is 0.281. The molecule has 1 heterocycles. The van der Waals surface area contributed by atoms with Gasteiger partial charge < -0.3 is 14.8 Å². The van der Waals surface area contributed by atoms with Gasteiger partial charge in [-0.1, -0.05) is 36.5 Å². The number of esters is 1. The number of carbonyl (C=O) groups excluding carboxylic acids is 2. The highest BCUT2D eigenvalue weighted by atomic mass is 35.5. The molecule has 1 aliphatic carbocycles. The molecule has 0 spiro atoms. The van der Waals surface area contributed by atoms with Crippen LogP contribution in [0.1, 0.15) is 54.4 Å². The summed E-state index contributed by atoms with van der Waals surface area (Å²) in [5.41, 5.74) is 1.49. The number of thiophene rings is 1. The summed E-state index contributed by atoms with van der Waals surface area (Å²) in [6, 6.07) is 4.82. The zero-order valence-corrected chi connectivity index (χ0v) is 19.5. The molecule has 0 fully saturated rings. The number of carbonyl (C=O) groups is 2. The van der Waals surface area contributed by atoms with Gasteiger partial charge in [-0.3, -0.25) is 4.79 Å². The van der Waals surface area contributed by atoms with Crippen LogP contribution in [0.2, 0.25) is 10.0 Å². The molecule has 0 radical (unpaired) electrons. The molecule has 0 aliphatic heterocycles. The first kappa shape index (κ1) is 22.9. The Kier molecular flexibility index (Phi) is 7.66. The number of fused-ring (bicyclic) bond motifs is 1. The summed E-state index contributed by atoms with van der Waals surface area (Å²) < 4.78 is 11.0. The largest absolute Gasteiger partial charge is 0.479 e. The van der Waals surface area contributed by atoms with E-state index in [-0.39, 0.29) is 12.5 Å². The molecule has 0 bridgehead atoms. The monoisotopic (exact) mass is 469 g/mol. The van der Waals surface area contributed by atoms with Gasteiger partial charge >= 0.3 is 5.97 Å². The Balaban J connectivity index is 1.81. The average molecular weight is 470 g/mol. The van der Waals surface area contributed by atoms with Crippen molar-refractivity contribution in [1.82, 2.24) is 0 Å². The average Bonchev–Trinajstić information content (AvgIpc) is 3.06. The fourth-order valence-electron chi connectivity index (χ4n) is 3.54. The van der Waals surface area contributed by atoms with E-state index >= 15 is 0 Å². The third kappa shape index (κ3) is 5.10. The summed E-state index contributed by atoms with van der Waals surface area (Å²) in [7, 11) is 0. The normalized spacial score (nSPS) is 16.5. The summed E-state index contributed by atoms with van der Waals surface area (Å²) >= 11 is 13.5. The maximum atomic E-state index is 12.8. The maximum Gasteiger partial charge on any atom is 0.341 e. The Morgan fingerprint density at radius 3 is 2.73 bits per heavy atom. The van der Waals surface area contributed by atoms with Gasteiger partial charge in [-0.25, -0.2) is 4.79 Å². The molecule has 30 heavy (non-hydrogen) atoms. The van der Waals surface area contributed by atoms with Crippen molar-refractivity contribution in [3.8, 4) is 5.75 Å². The smallest absolute Gasteiger partial charge is 0.341 e. The molecular formula is C22H25Cl2NO4S. The molecule has 1 aromatic heterocycles. The van der Waals surface area contributed by atoms with Gasteiger partial charge in [0.2, 0.25) is 0 Å². The van der Waals surface area contributed by atoms with Gasteiger partial charge in [0.15, 0.2) is 6.10 Å². The van der Waals surface area contributed by atoms with E-state index in [4.69, 9.17) is 32.7 Å². The highest BCUT2D eigenvalue weighted by Crippen LogP contribution is 2.41. The Morgan fingerprint density at radius 1 is 1.30 bits per heavy atom. The SMILES string of the molecule is CCOC(=O)c1c(NC(=O)[C@@H](C)Oc2ccc(Cl)cc2Cl)sc2c1CC[C@@H](CC)C2. The number of nitrogens with one attached hydrogen (secondary N) is 1. The maximum absolute atomic E-state index is 12.8. The predicted molar refractivity (Wildman–Crippen MR) is 121 cm³/mol. The van der Waals surface area contributed by atoms with Crippen LogP contribution in [0, 0.1) is 5.92 Å². The summed E-state index contributed by atoms with van der Waals surface area (Å²) in [6.07, 6.45) is 3.06. The lowest BCUT2D eigenvalue weighted by Gasteiger charge is -2.21. The van der Waals surface area contributed by atoms with E-state index in [0.29, 0.717) is 32.3 Å². The summed E-state index contributed by atoms with van der Waals surface area (Å²) in [5.74, 6) is 0.210. The second-order valence-electron chi connectivity index (χ2n) is 7.27. The molecular weight excluding hydrogens is 445 g/mol. The van der Waals surface area contributed by atoms with E-state index in [1.807, 2.05) is 0 Å². The molecule has 2 atom stereocenters. The van der Waals surface area contributed by atoms with Crippen molar-refractivity contribution in [3.63, 3.8) is 0 Å². The zero-order chi connectivity index (χ0) is 21.8.